The number of hydrogen-bond acceptors (Lipinski definition) is 7. The van der Waals surface area contributed by atoms with Crippen molar-refractivity contribution < 1.29 is 24.1 Å². The van der Waals surface area contributed by atoms with Crippen molar-refractivity contribution in [1.29, 1.82) is 0 Å². The van der Waals surface area contributed by atoms with Crippen molar-refractivity contribution in [3.8, 4) is 17.2 Å². The van der Waals surface area contributed by atoms with Crippen LogP contribution >= 0.6 is 11.8 Å². The third kappa shape index (κ3) is 4.42. The number of nitrogens with zero attached hydrogens (tertiary/aromatic N) is 2. The molecule has 0 saturated carbocycles. The van der Waals surface area contributed by atoms with Gasteiger partial charge < -0.3 is 24.3 Å². The Labute approximate surface area is 177 Å². The van der Waals surface area contributed by atoms with E-state index in [9.17, 15) is 4.79 Å². The second kappa shape index (κ2) is 8.76. The summed E-state index contributed by atoms with van der Waals surface area (Å²) in [7, 11) is 3.23. The van der Waals surface area contributed by atoms with Gasteiger partial charge in [0.2, 0.25) is 0 Å². The van der Waals surface area contributed by atoms with E-state index in [2.05, 4.69) is 15.0 Å². The molecule has 8 nitrogen and oxygen atoms in total. The van der Waals surface area contributed by atoms with Gasteiger partial charge in [0.1, 0.15) is 22.3 Å². The molecule has 0 radical (unpaired) electrons. The molecule has 1 aliphatic heterocycles. The zero-order valence-electron chi connectivity index (χ0n) is 16.5. The smallest absolute Gasteiger partial charge is 0.304 e. The average Bonchev–Trinajstić information content (AvgIpc) is 3.35. The van der Waals surface area contributed by atoms with E-state index in [4.69, 9.17) is 19.3 Å². The van der Waals surface area contributed by atoms with Gasteiger partial charge in [0.05, 0.1) is 49.8 Å². The summed E-state index contributed by atoms with van der Waals surface area (Å²) in [6.45, 7) is 0.945. The van der Waals surface area contributed by atoms with E-state index >= 15 is 0 Å². The van der Waals surface area contributed by atoms with Crippen molar-refractivity contribution in [3.05, 3.63) is 47.9 Å². The topological polar surface area (TPSA) is 106 Å². The van der Waals surface area contributed by atoms with Gasteiger partial charge in [-0.25, -0.2) is 0 Å². The van der Waals surface area contributed by atoms with Gasteiger partial charge in [0.25, 0.3) is 0 Å². The monoisotopic (exact) mass is 427 g/mol. The summed E-state index contributed by atoms with van der Waals surface area (Å²) >= 11 is 1.48. The number of thioether (sulfide) groups is 1. The van der Waals surface area contributed by atoms with Crippen molar-refractivity contribution in [2.24, 2.45) is 4.99 Å². The van der Waals surface area contributed by atoms with Gasteiger partial charge in [-0.1, -0.05) is 11.8 Å². The van der Waals surface area contributed by atoms with Crippen molar-refractivity contribution in [2.45, 2.75) is 18.3 Å². The minimum Gasteiger partial charge on any atom is -0.494 e. The average molecular weight is 427 g/mol. The lowest BCUT2D eigenvalue weighted by Gasteiger charge is -2.09. The number of nitrogens with one attached hydrogen (secondary N) is 1. The Morgan fingerprint density at radius 1 is 1.27 bits per heavy atom. The fraction of sp³-hybridized carbons (Fsp3) is 0.286. The normalized spacial score (nSPS) is 15.9. The van der Waals surface area contributed by atoms with Gasteiger partial charge in [-0.05, 0) is 24.3 Å². The van der Waals surface area contributed by atoms with Crippen LogP contribution in [0.3, 0.4) is 0 Å². The molecule has 2 aromatic heterocycles. The molecule has 9 heteroatoms. The molecule has 1 unspecified atom stereocenters. The summed E-state index contributed by atoms with van der Waals surface area (Å²) < 4.78 is 16.6. The van der Waals surface area contributed by atoms with Crippen LogP contribution in [0.1, 0.15) is 17.8 Å². The molecule has 3 heterocycles. The summed E-state index contributed by atoms with van der Waals surface area (Å²) in [5, 5.41) is 10.7. The van der Waals surface area contributed by atoms with Crippen LogP contribution in [0.25, 0.3) is 10.9 Å². The van der Waals surface area contributed by atoms with Gasteiger partial charge >= 0.3 is 5.97 Å². The fourth-order valence-electron chi connectivity index (χ4n) is 3.23. The number of benzene rings is 1. The number of aliphatic carboxylic acids is 1. The van der Waals surface area contributed by atoms with Gasteiger partial charge in [-0.15, -0.1) is 0 Å². The zero-order chi connectivity index (χ0) is 21.1. The maximum absolute atomic E-state index is 10.9. The van der Waals surface area contributed by atoms with E-state index in [0.717, 1.165) is 27.3 Å². The van der Waals surface area contributed by atoms with E-state index < -0.39 is 5.97 Å². The number of aromatic nitrogens is 2. The van der Waals surface area contributed by atoms with Crippen LogP contribution in [0.15, 0.2) is 41.5 Å². The predicted octanol–water partition coefficient (Wildman–Crippen LogP) is 3.85. The Morgan fingerprint density at radius 3 is 2.83 bits per heavy atom. The molecule has 0 spiro atoms. The Hall–Kier alpha value is -3.04. The summed E-state index contributed by atoms with van der Waals surface area (Å²) in [5.74, 6) is 1.06. The van der Waals surface area contributed by atoms with Gasteiger partial charge in [-0.2, -0.15) is 0 Å². The second-order valence-corrected chi connectivity index (χ2v) is 8.07. The molecule has 0 fully saturated rings. The molecule has 1 atom stereocenters. The van der Waals surface area contributed by atoms with Gasteiger partial charge in [0.15, 0.2) is 0 Å². The maximum atomic E-state index is 10.9. The highest BCUT2D eigenvalue weighted by atomic mass is 32.2. The SMILES string of the molecule is COCc1ccc(Oc2cc(OC)c3[nH]c(C4=NCC(CC(=O)O)S4)cc3c2)cn1. The third-order valence-electron chi connectivity index (χ3n) is 4.56. The van der Waals surface area contributed by atoms with Crippen LogP contribution < -0.4 is 9.47 Å². The number of carbonyl (C=O) groups is 1. The number of methoxy groups -OCH3 is 2. The van der Waals surface area contributed by atoms with Crippen LogP contribution in [0.4, 0.5) is 0 Å². The number of hydrogen-bond donors (Lipinski definition) is 2. The highest BCUT2D eigenvalue weighted by molar-refractivity contribution is 8.15. The molecular weight excluding hydrogens is 406 g/mol. The van der Waals surface area contributed by atoms with E-state index in [1.165, 1.54) is 11.8 Å². The standard InChI is InChI=1S/C21H21N3O5S/c1-27-11-13-3-4-14(9-22-13)29-15-5-12-6-17(24-20(12)18(7-15)28-2)21-23-10-16(30-21)8-19(25)26/h3-7,9,16,24H,8,10-11H2,1-2H3,(H,25,26). The Kier molecular flexibility index (Phi) is 5.91. The van der Waals surface area contributed by atoms with Crippen LogP contribution in [0.5, 0.6) is 17.2 Å². The van der Waals surface area contributed by atoms with Crippen molar-refractivity contribution >= 4 is 33.7 Å². The summed E-state index contributed by atoms with van der Waals surface area (Å²) in [6.07, 6.45) is 1.75. The van der Waals surface area contributed by atoms with E-state index in [-0.39, 0.29) is 11.7 Å². The molecule has 1 aromatic carbocycles. The van der Waals surface area contributed by atoms with E-state index in [1.54, 1.807) is 20.4 Å². The van der Waals surface area contributed by atoms with E-state index in [1.807, 2.05) is 30.3 Å². The summed E-state index contributed by atoms with van der Waals surface area (Å²) in [4.78, 5) is 23.1. The molecular formula is C21H21N3O5S. The van der Waals surface area contributed by atoms with Crippen molar-refractivity contribution in [2.75, 3.05) is 20.8 Å². The first-order chi connectivity index (χ1) is 14.6. The van der Waals surface area contributed by atoms with Crippen molar-refractivity contribution in [3.63, 3.8) is 0 Å². The van der Waals surface area contributed by atoms with Crippen LogP contribution in [-0.4, -0.2) is 52.1 Å². The van der Waals surface area contributed by atoms with Gasteiger partial charge in [-0.3, -0.25) is 14.8 Å². The highest BCUT2D eigenvalue weighted by Gasteiger charge is 2.24. The van der Waals surface area contributed by atoms with Crippen molar-refractivity contribution in [1.82, 2.24) is 9.97 Å². The number of H-pyrrole nitrogens is 1. The Bertz CT molecular complexity index is 1090. The molecule has 3 aromatic rings. The lowest BCUT2D eigenvalue weighted by atomic mass is 10.2. The third-order valence-corrected chi connectivity index (χ3v) is 5.78. The molecule has 156 valence electrons. The first-order valence-electron chi connectivity index (χ1n) is 9.31. The highest BCUT2D eigenvalue weighted by Crippen LogP contribution is 2.36. The quantitative estimate of drug-likeness (QED) is 0.562. The number of aromatic amines is 1. The number of fused-ring (bicyclic) bond motifs is 1. The molecule has 2 N–H and O–H groups in total. The number of carboxylic acids is 1. The first-order valence-corrected chi connectivity index (χ1v) is 10.2. The molecule has 0 aliphatic carbocycles. The Morgan fingerprint density at radius 2 is 2.13 bits per heavy atom. The maximum Gasteiger partial charge on any atom is 0.304 e. The minimum absolute atomic E-state index is 0.0433. The minimum atomic E-state index is -0.811. The molecule has 0 bridgehead atoms. The predicted molar refractivity (Wildman–Crippen MR) is 115 cm³/mol. The fourth-order valence-corrected chi connectivity index (χ4v) is 4.30. The Balaban J connectivity index is 1.57. The van der Waals surface area contributed by atoms with Crippen LogP contribution in [0, 0.1) is 0 Å². The lowest BCUT2D eigenvalue weighted by molar-refractivity contribution is -0.136. The summed E-state index contributed by atoms with van der Waals surface area (Å²) in [6, 6.07) is 9.39. The van der Waals surface area contributed by atoms with Crippen LogP contribution in [0.2, 0.25) is 0 Å². The molecule has 30 heavy (non-hydrogen) atoms. The van der Waals surface area contributed by atoms with Gasteiger partial charge in [0, 0.05) is 23.8 Å². The largest absolute Gasteiger partial charge is 0.494 e. The number of rotatable bonds is 8. The number of ether oxygens (including phenoxy) is 3. The molecule has 1 aliphatic rings. The number of carboxylic acid groups (broad SMARTS) is 1. The second-order valence-electron chi connectivity index (χ2n) is 6.78. The first kappa shape index (κ1) is 20.2. The van der Waals surface area contributed by atoms with Crippen LogP contribution in [-0.2, 0) is 16.1 Å². The lowest BCUT2D eigenvalue weighted by Crippen LogP contribution is -2.10. The molecule has 4 rings (SSSR count). The molecule has 0 saturated heterocycles. The number of aliphatic imine (C=N–C) groups is 1. The number of pyridine rings is 1. The zero-order valence-corrected chi connectivity index (χ0v) is 17.4. The van der Waals surface area contributed by atoms with E-state index in [0.29, 0.717) is 30.4 Å². The summed E-state index contributed by atoms with van der Waals surface area (Å²) in [5.41, 5.74) is 2.49. The molecule has 0 amide bonds.